The van der Waals surface area contributed by atoms with Crippen molar-refractivity contribution >= 4 is 17.2 Å². The highest BCUT2D eigenvalue weighted by Gasteiger charge is 2.08. The number of nitrogens with zero attached hydrogens (tertiary/aromatic N) is 4. The van der Waals surface area contributed by atoms with Gasteiger partial charge in [-0.2, -0.15) is 9.61 Å². The third-order valence-electron chi connectivity index (χ3n) is 4.23. The molecule has 0 radical (unpaired) electrons. The number of imidazole rings is 1. The average molecular weight is 361 g/mol. The summed E-state index contributed by atoms with van der Waals surface area (Å²) in [6.07, 6.45) is 4.13. The van der Waals surface area contributed by atoms with Crippen molar-refractivity contribution in [1.29, 1.82) is 0 Å². The molecule has 3 aromatic heterocycles. The first-order valence-corrected chi connectivity index (χ1v) is 8.59. The lowest BCUT2D eigenvalue weighted by molar-refractivity contribution is 0.299. The number of anilines is 2. The summed E-state index contributed by atoms with van der Waals surface area (Å²) in [6.45, 7) is 0.146. The number of fused-ring (bicyclic) bond motifs is 1. The lowest BCUT2D eigenvalue weighted by Crippen LogP contribution is -2.00. The fourth-order valence-corrected chi connectivity index (χ4v) is 2.80. The first-order valence-electron chi connectivity index (χ1n) is 8.59. The molecule has 1 aromatic carbocycles. The van der Waals surface area contributed by atoms with Crippen molar-refractivity contribution in [1.82, 2.24) is 19.6 Å². The van der Waals surface area contributed by atoms with Crippen molar-refractivity contribution < 1.29 is 9.84 Å². The zero-order valence-electron chi connectivity index (χ0n) is 14.8. The molecular weight excluding hydrogens is 342 g/mol. The van der Waals surface area contributed by atoms with Crippen LogP contribution in [0.15, 0.2) is 60.9 Å². The second-order valence-corrected chi connectivity index (χ2v) is 6.02. The van der Waals surface area contributed by atoms with Gasteiger partial charge >= 0.3 is 0 Å². The number of methoxy groups -OCH3 is 1. The summed E-state index contributed by atoms with van der Waals surface area (Å²) in [5.74, 6) is 1.33. The topological polar surface area (TPSA) is 84.6 Å². The number of hydrogen-bond acceptors (Lipinski definition) is 6. The molecule has 0 atom stereocenters. The van der Waals surface area contributed by atoms with Crippen LogP contribution in [0.2, 0.25) is 0 Å². The molecular formula is C20H19N5O2. The standard InChI is InChI=1S/C20H19N5O2/c1-27-20-9-4-15(12-22-20)17-7-8-18-21-13-19(25(18)24-17)23-16-5-2-14(3-6-16)10-11-26/h2-9,12-13,23,26H,10-11H2,1H3. The van der Waals surface area contributed by atoms with Crippen LogP contribution in [-0.2, 0) is 6.42 Å². The Morgan fingerprint density at radius 3 is 2.56 bits per heavy atom. The normalized spacial score (nSPS) is 10.9. The number of nitrogens with one attached hydrogen (secondary N) is 1. The Bertz CT molecular complexity index is 1040. The maximum absolute atomic E-state index is 9.02. The maximum atomic E-state index is 9.02. The summed E-state index contributed by atoms with van der Waals surface area (Å²) < 4.78 is 6.87. The largest absolute Gasteiger partial charge is 0.481 e. The molecule has 7 heteroatoms. The predicted molar refractivity (Wildman–Crippen MR) is 103 cm³/mol. The van der Waals surface area contributed by atoms with Crippen molar-refractivity contribution in [3.63, 3.8) is 0 Å². The minimum atomic E-state index is 0.146. The van der Waals surface area contributed by atoms with E-state index in [0.717, 1.165) is 34.0 Å². The number of benzene rings is 1. The van der Waals surface area contributed by atoms with E-state index in [4.69, 9.17) is 9.84 Å². The van der Waals surface area contributed by atoms with Gasteiger partial charge in [-0.3, -0.25) is 0 Å². The van der Waals surface area contributed by atoms with Crippen LogP contribution < -0.4 is 10.1 Å². The molecule has 3 heterocycles. The van der Waals surface area contributed by atoms with Crippen LogP contribution in [0.3, 0.4) is 0 Å². The first-order chi connectivity index (χ1) is 13.3. The molecule has 0 amide bonds. The zero-order chi connectivity index (χ0) is 18.6. The van der Waals surface area contributed by atoms with Crippen molar-refractivity contribution in [2.45, 2.75) is 6.42 Å². The number of aliphatic hydroxyl groups is 1. The Morgan fingerprint density at radius 1 is 1.00 bits per heavy atom. The van der Waals surface area contributed by atoms with Crippen LogP contribution in [0.4, 0.5) is 11.5 Å². The van der Waals surface area contributed by atoms with E-state index in [1.54, 1.807) is 24.0 Å². The van der Waals surface area contributed by atoms with Crippen molar-refractivity contribution in [2.24, 2.45) is 0 Å². The third kappa shape index (κ3) is 3.58. The fraction of sp³-hybridized carbons (Fsp3) is 0.150. The van der Waals surface area contributed by atoms with Gasteiger partial charge in [0.05, 0.1) is 19.0 Å². The van der Waals surface area contributed by atoms with Crippen LogP contribution in [0.25, 0.3) is 16.9 Å². The number of aliphatic hydroxyl groups excluding tert-OH is 1. The Labute approximate surface area is 156 Å². The highest BCUT2D eigenvalue weighted by Crippen LogP contribution is 2.22. The van der Waals surface area contributed by atoms with Crippen LogP contribution in [0.5, 0.6) is 5.88 Å². The summed E-state index contributed by atoms with van der Waals surface area (Å²) in [6, 6.07) is 15.5. The van der Waals surface area contributed by atoms with E-state index in [1.807, 2.05) is 48.5 Å². The number of pyridine rings is 1. The van der Waals surface area contributed by atoms with Gasteiger partial charge < -0.3 is 15.2 Å². The summed E-state index contributed by atoms with van der Waals surface area (Å²) in [5, 5.41) is 17.0. The second-order valence-electron chi connectivity index (χ2n) is 6.02. The molecule has 2 N–H and O–H groups in total. The molecule has 0 aliphatic heterocycles. The molecule has 4 aromatic rings. The van der Waals surface area contributed by atoms with Gasteiger partial charge in [0, 0.05) is 30.1 Å². The lowest BCUT2D eigenvalue weighted by atomic mass is 10.1. The summed E-state index contributed by atoms with van der Waals surface area (Å²) in [4.78, 5) is 8.63. The lowest BCUT2D eigenvalue weighted by Gasteiger charge is -2.08. The van der Waals surface area contributed by atoms with E-state index in [9.17, 15) is 0 Å². The molecule has 0 saturated carbocycles. The quantitative estimate of drug-likeness (QED) is 0.549. The third-order valence-corrected chi connectivity index (χ3v) is 4.23. The number of hydrogen-bond donors (Lipinski definition) is 2. The predicted octanol–water partition coefficient (Wildman–Crippen LogP) is 3.08. The number of aromatic nitrogens is 4. The van der Waals surface area contributed by atoms with Gasteiger partial charge in [-0.25, -0.2) is 9.97 Å². The van der Waals surface area contributed by atoms with E-state index < -0.39 is 0 Å². The Morgan fingerprint density at radius 2 is 1.85 bits per heavy atom. The summed E-state index contributed by atoms with van der Waals surface area (Å²) in [7, 11) is 1.59. The van der Waals surface area contributed by atoms with E-state index in [0.29, 0.717) is 12.3 Å². The summed E-state index contributed by atoms with van der Waals surface area (Å²) in [5.41, 5.74) is 4.45. The molecule has 0 bridgehead atoms. The molecule has 27 heavy (non-hydrogen) atoms. The SMILES string of the molecule is COc1ccc(-c2ccc3ncc(Nc4ccc(CCO)cc4)n3n2)cn1. The molecule has 0 spiro atoms. The number of rotatable bonds is 6. The smallest absolute Gasteiger partial charge is 0.212 e. The van der Waals surface area contributed by atoms with Gasteiger partial charge in [0.25, 0.3) is 0 Å². The minimum Gasteiger partial charge on any atom is -0.481 e. The van der Waals surface area contributed by atoms with Gasteiger partial charge in [0.2, 0.25) is 5.88 Å². The van der Waals surface area contributed by atoms with Gasteiger partial charge in [-0.05, 0) is 42.3 Å². The Hall–Kier alpha value is -3.45. The van der Waals surface area contributed by atoms with E-state index in [1.165, 1.54) is 0 Å². The highest BCUT2D eigenvalue weighted by atomic mass is 16.5. The highest BCUT2D eigenvalue weighted by molar-refractivity contribution is 5.63. The number of ether oxygens (including phenoxy) is 1. The Balaban J connectivity index is 1.63. The van der Waals surface area contributed by atoms with Crippen molar-refractivity contribution in [3.8, 4) is 17.1 Å². The van der Waals surface area contributed by atoms with Gasteiger partial charge in [0.15, 0.2) is 11.5 Å². The molecule has 4 rings (SSSR count). The zero-order valence-corrected chi connectivity index (χ0v) is 14.8. The maximum Gasteiger partial charge on any atom is 0.212 e. The van der Waals surface area contributed by atoms with Crippen LogP contribution >= 0.6 is 0 Å². The Kier molecular flexibility index (Phi) is 4.67. The molecule has 0 fully saturated rings. The molecule has 0 aliphatic carbocycles. The van der Waals surface area contributed by atoms with Crippen LogP contribution in [0, 0.1) is 0 Å². The van der Waals surface area contributed by atoms with Gasteiger partial charge in [-0.1, -0.05) is 12.1 Å². The fourth-order valence-electron chi connectivity index (χ4n) is 2.80. The second kappa shape index (κ2) is 7.43. The van der Waals surface area contributed by atoms with Gasteiger partial charge in [0.1, 0.15) is 0 Å². The molecule has 0 unspecified atom stereocenters. The van der Waals surface area contributed by atoms with E-state index >= 15 is 0 Å². The van der Waals surface area contributed by atoms with E-state index in [2.05, 4.69) is 20.4 Å². The van der Waals surface area contributed by atoms with Crippen LogP contribution in [0.1, 0.15) is 5.56 Å². The summed E-state index contributed by atoms with van der Waals surface area (Å²) >= 11 is 0. The average Bonchev–Trinajstić information content (AvgIpc) is 3.12. The van der Waals surface area contributed by atoms with Crippen LogP contribution in [-0.4, -0.2) is 38.4 Å². The monoisotopic (exact) mass is 361 g/mol. The minimum absolute atomic E-state index is 0.146. The van der Waals surface area contributed by atoms with E-state index in [-0.39, 0.29) is 6.61 Å². The molecule has 136 valence electrons. The molecule has 0 saturated heterocycles. The first kappa shape index (κ1) is 17.0. The molecule has 0 aliphatic rings. The van der Waals surface area contributed by atoms with Gasteiger partial charge in [-0.15, -0.1) is 0 Å². The van der Waals surface area contributed by atoms with Crippen molar-refractivity contribution in [2.75, 3.05) is 19.0 Å². The molecule has 7 nitrogen and oxygen atoms in total. The van der Waals surface area contributed by atoms with Crippen molar-refractivity contribution in [3.05, 3.63) is 66.5 Å².